The van der Waals surface area contributed by atoms with Crippen LogP contribution in [0.25, 0.3) is 0 Å². The number of benzene rings is 2. The fourth-order valence-corrected chi connectivity index (χ4v) is 5.04. The molecule has 1 aromatic heterocycles. The van der Waals surface area contributed by atoms with E-state index in [1.54, 1.807) is 31.3 Å². The highest BCUT2D eigenvalue weighted by Crippen LogP contribution is 2.21. The van der Waals surface area contributed by atoms with Crippen LogP contribution in [-0.4, -0.2) is 58.2 Å². The van der Waals surface area contributed by atoms with Gasteiger partial charge >= 0.3 is 6.09 Å². The van der Waals surface area contributed by atoms with E-state index in [0.717, 1.165) is 17.5 Å². The minimum Gasteiger partial charge on any atom is -0.445 e. The summed E-state index contributed by atoms with van der Waals surface area (Å²) < 4.78 is 5.23. The molecule has 0 fully saturated rings. The second kappa shape index (κ2) is 19.5. The fourth-order valence-electron chi connectivity index (χ4n) is 5.04. The number of hydrogen-bond acceptors (Lipinski definition) is 7. The summed E-state index contributed by atoms with van der Waals surface area (Å²) in [6, 6.07) is 22.6. The van der Waals surface area contributed by atoms with E-state index in [1.807, 2.05) is 60.7 Å². The van der Waals surface area contributed by atoms with Crippen molar-refractivity contribution in [2.45, 2.75) is 70.6 Å². The van der Waals surface area contributed by atoms with Gasteiger partial charge in [-0.05, 0) is 68.2 Å². The Bertz CT molecular complexity index is 1310. The number of hydroxylamine groups is 2. The fraction of sp³-hybridized carbons (Fsp3) is 0.382. The number of aromatic nitrogens is 1. The third kappa shape index (κ3) is 12.4. The number of pyridine rings is 1. The van der Waals surface area contributed by atoms with Crippen molar-refractivity contribution in [3.63, 3.8) is 0 Å². The first-order valence-electron chi connectivity index (χ1n) is 15.3. The number of unbranched alkanes of at least 4 members (excludes halogenated alkanes) is 1. The summed E-state index contributed by atoms with van der Waals surface area (Å²) in [5, 5.41) is 19.2. The van der Waals surface area contributed by atoms with Crippen LogP contribution in [0.4, 0.5) is 10.6 Å². The predicted molar refractivity (Wildman–Crippen MR) is 170 cm³/mol. The molecule has 0 aliphatic carbocycles. The number of rotatable bonds is 19. The number of carbonyl (C=O) groups is 4. The lowest BCUT2D eigenvalue weighted by atomic mass is 9.89. The van der Waals surface area contributed by atoms with E-state index in [9.17, 15) is 24.4 Å². The Hall–Kier alpha value is -4.77. The molecule has 3 rings (SSSR count). The van der Waals surface area contributed by atoms with Crippen LogP contribution in [0.1, 0.15) is 56.6 Å². The summed E-state index contributed by atoms with van der Waals surface area (Å²) in [4.78, 5) is 54.7. The van der Waals surface area contributed by atoms with Crippen LogP contribution in [-0.2, 0) is 32.1 Å². The van der Waals surface area contributed by atoms with Crippen molar-refractivity contribution in [2.24, 2.45) is 5.92 Å². The summed E-state index contributed by atoms with van der Waals surface area (Å²) in [7, 11) is 0. The van der Waals surface area contributed by atoms with Crippen LogP contribution >= 0.6 is 0 Å². The van der Waals surface area contributed by atoms with E-state index in [-0.39, 0.29) is 13.0 Å². The first-order chi connectivity index (χ1) is 21.9. The first-order valence-corrected chi connectivity index (χ1v) is 15.3. The lowest BCUT2D eigenvalue weighted by molar-refractivity contribution is -0.168. The highest BCUT2D eigenvalue weighted by molar-refractivity contribution is 5.96. The molecule has 0 unspecified atom stereocenters. The Morgan fingerprint density at radius 3 is 2.22 bits per heavy atom. The van der Waals surface area contributed by atoms with Crippen LogP contribution in [0, 0.1) is 5.92 Å². The van der Waals surface area contributed by atoms with Gasteiger partial charge in [0.1, 0.15) is 18.5 Å². The molecule has 0 radical (unpaired) electrons. The van der Waals surface area contributed by atoms with Gasteiger partial charge in [0, 0.05) is 12.7 Å². The number of nitrogens with zero attached hydrogens (tertiary/aromatic N) is 2. The maximum absolute atomic E-state index is 13.7. The summed E-state index contributed by atoms with van der Waals surface area (Å²) in [5.41, 5.74) is 2.00. The average molecular weight is 618 g/mol. The van der Waals surface area contributed by atoms with Gasteiger partial charge in [-0.15, -0.1) is 0 Å². The van der Waals surface area contributed by atoms with E-state index < -0.39 is 35.9 Å². The highest BCUT2D eigenvalue weighted by Gasteiger charge is 2.33. The monoisotopic (exact) mass is 617 g/mol. The van der Waals surface area contributed by atoms with Crippen molar-refractivity contribution in [1.82, 2.24) is 20.7 Å². The smallest absolute Gasteiger partial charge is 0.407 e. The Labute approximate surface area is 264 Å². The molecule has 1 heterocycles. The normalized spacial score (nSPS) is 12.7. The molecule has 2 aromatic carbocycles. The number of nitrogens with one attached hydrogen (secondary N) is 3. The third-order valence-corrected chi connectivity index (χ3v) is 7.44. The molecule has 240 valence electrons. The van der Waals surface area contributed by atoms with Crippen LogP contribution in [0.2, 0.25) is 0 Å². The summed E-state index contributed by atoms with van der Waals surface area (Å²) in [6.07, 6.45) is 4.75. The van der Waals surface area contributed by atoms with E-state index in [0.29, 0.717) is 55.9 Å². The lowest BCUT2D eigenvalue weighted by Gasteiger charge is -2.30. The third-order valence-electron chi connectivity index (χ3n) is 7.44. The van der Waals surface area contributed by atoms with Crippen molar-refractivity contribution in [3.8, 4) is 0 Å². The summed E-state index contributed by atoms with van der Waals surface area (Å²) >= 11 is 0. The molecule has 11 nitrogen and oxygen atoms in total. The second-order valence-electron chi connectivity index (χ2n) is 10.7. The Morgan fingerprint density at radius 2 is 1.58 bits per heavy atom. The molecule has 0 spiro atoms. The van der Waals surface area contributed by atoms with Gasteiger partial charge in [-0.25, -0.2) is 14.8 Å². The number of hydrogen-bond donors (Lipinski definition) is 4. The Kier molecular flexibility index (Phi) is 15.0. The van der Waals surface area contributed by atoms with E-state index in [4.69, 9.17) is 4.74 Å². The molecule has 0 bridgehead atoms. The standard InChI is InChI=1S/C34H43N5O6/c1-2-30(39(44)25-40)28(19-13-18-26-14-5-3-6-15-26)32(41)37-29(33(42)38-31-21-10-12-22-35-31)20-9-11-23-36-34(43)45-24-27-16-7-4-8-17-27/h3-8,10,12,14-17,21-22,25,28-30,44H,2,9,11,13,18-20,23-24H2,1H3,(H,36,43)(H,37,41)(H,35,38,42)/t28-,29+,30+/m1/s1. The molecular formula is C34H43N5O6. The molecule has 0 aliphatic heterocycles. The van der Waals surface area contributed by atoms with Crippen molar-refractivity contribution < 1.29 is 29.1 Å². The minimum absolute atomic E-state index is 0.162. The largest absolute Gasteiger partial charge is 0.445 e. The van der Waals surface area contributed by atoms with Crippen LogP contribution in [0.5, 0.6) is 0 Å². The molecule has 3 aromatic rings. The van der Waals surface area contributed by atoms with Gasteiger partial charge in [-0.3, -0.25) is 19.6 Å². The molecule has 11 heteroatoms. The summed E-state index contributed by atoms with van der Waals surface area (Å²) in [5.74, 6) is -1.28. The summed E-state index contributed by atoms with van der Waals surface area (Å²) in [6.45, 7) is 2.28. The quantitative estimate of drug-likeness (QED) is 0.0649. The zero-order chi connectivity index (χ0) is 32.3. The maximum atomic E-state index is 13.7. The van der Waals surface area contributed by atoms with Gasteiger partial charge in [0.2, 0.25) is 18.2 Å². The van der Waals surface area contributed by atoms with E-state index in [2.05, 4.69) is 20.9 Å². The van der Waals surface area contributed by atoms with Gasteiger partial charge in [-0.1, -0.05) is 73.7 Å². The van der Waals surface area contributed by atoms with Gasteiger partial charge in [-0.2, -0.15) is 0 Å². The number of carbonyl (C=O) groups excluding carboxylic acids is 4. The number of aryl methyl sites for hydroxylation is 1. The molecular weight excluding hydrogens is 574 g/mol. The maximum Gasteiger partial charge on any atom is 0.407 e. The number of ether oxygens (including phenoxy) is 1. The number of anilines is 1. The van der Waals surface area contributed by atoms with Crippen molar-refractivity contribution in [3.05, 3.63) is 96.2 Å². The minimum atomic E-state index is -0.915. The second-order valence-corrected chi connectivity index (χ2v) is 10.7. The van der Waals surface area contributed by atoms with Gasteiger partial charge < -0.3 is 20.7 Å². The van der Waals surface area contributed by atoms with Gasteiger partial charge in [0.05, 0.1) is 12.0 Å². The van der Waals surface area contributed by atoms with Gasteiger partial charge in [0.25, 0.3) is 0 Å². The first kappa shape index (κ1) is 34.7. The highest BCUT2D eigenvalue weighted by atomic mass is 16.5. The number of amides is 4. The molecule has 3 atom stereocenters. The SMILES string of the molecule is CC[C@@H]([C@@H](CCCc1ccccc1)C(=O)N[C@@H](CCCCNC(=O)OCc1ccccc1)C(=O)Nc1ccccn1)N(O)C=O. The van der Waals surface area contributed by atoms with E-state index in [1.165, 1.54) is 0 Å². The van der Waals surface area contributed by atoms with Crippen LogP contribution < -0.4 is 16.0 Å². The van der Waals surface area contributed by atoms with Crippen molar-refractivity contribution in [2.75, 3.05) is 11.9 Å². The topological polar surface area (TPSA) is 150 Å². The van der Waals surface area contributed by atoms with E-state index >= 15 is 0 Å². The number of alkyl carbamates (subject to hydrolysis) is 1. The Morgan fingerprint density at radius 1 is 0.889 bits per heavy atom. The lowest BCUT2D eigenvalue weighted by Crippen LogP contribution is -2.51. The Balaban J connectivity index is 1.61. The molecule has 0 saturated heterocycles. The predicted octanol–water partition coefficient (Wildman–Crippen LogP) is 4.87. The molecule has 45 heavy (non-hydrogen) atoms. The molecule has 4 N–H and O–H groups in total. The zero-order valence-corrected chi connectivity index (χ0v) is 25.6. The van der Waals surface area contributed by atoms with Crippen LogP contribution in [0.3, 0.4) is 0 Å². The van der Waals surface area contributed by atoms with Gasteiger partial charge in [0.15, 0.2) is 0 Å². The molecule has 0 saturated carbocycles. The zero-order valence-electron chi connectivity index (χ0n) is 25.6. The van der Waals surface area contributed by atoms with Crippen molar-refractivity contribution in [1.29, 1.82) is 0 Å². The van der Waals surface area contributed by atoms with Crippen LogP contribution in [0.15, 0.2) is 85.1 Å². The molecule has 0 aliphatic rings. The van der Waals surface area contributed by atoms with Crippen molar-refractivity contribution >= 4 is 30.1 Å². The molecule has 4 amide bonds. The average Bonchev–Trinajstić information content (AvgIpc) is 3.07.